The largest absolute Gasteiger partial charge is 0.310 e. The van der Waals surface area contributed by atoms with Gasteiger partial charge in [-0.3, -0.25) is 4.79 Å². The van der Waals surface area contributed by atoms with E-state index >= 15 is 0 Å². The Balaban J connectivity index is 1.66. The monoisotopic (exact) mass is 348 g/mol. The molecule has 3 rings (SSSR count). The summed E-state index contributed by atoms with van der Waals surface area (Å²) < 4.78 is 3.97. The molecule has 24 heavy (non-hydrogen) atoms. The third kappa shape index (κ3) is 3.63. The summed E-state index contributed by atoms with van der Waals surface area (Å²) >= 11 is 1.47. The second-order valence-corrected chi connectivity index (χ2v) is 7.67. The Labute approximate surface area is 146 Å². The number of hydrogen-bond acceptors (Lipinski definition) is 5. The first-order valence-corrected chi connectivity index (χ1v) is 9.37. The van der Waals surface area contributed by atoms with E-state index in [1.807, 2.05) is 26.8 Å². The number of aromatic nitrogens is 5. The molecule has 8 heteroatoms. The average molecular weight is 348 g/mol. The van der Waals surface area contributed by atoms with Crippen LogP contribution < -0.4 is 5.32 Å². The van der Waals surface area contributed by atoms with Gasteiger partial charge in [0.15, 0.2) is 5.16 Å². The van der Waals surface area contributed by atoms with E-state index in [9.17, 15) is 4.79 Å². The Morgan fingerprint density at radius 2 is 2.08 bits per heavy atom. The number of carbonyl (C=O) groups is 1. The van der Waals surface area contributed by atoms with Gasteiger partial charge >= 0.3 is 0 Å². The van der Waals surface area contributed by atoms with Crippen LogP contribution in [0, 0.1) is 0 Å². The van der Waals surface area contributed by atoms with Crippen LogP contribution in [0.3, 0.4) is 0 Å². The number of amides is 1. The summed E-state index contributed by atoms with van der Waals surface area (Å²) in [5.41, 5.74) is 0. The molecule has 1 amide bonds. The summed E-state index contributed by atoms with van der Waals surface area (Å²) in [6, 6.07) is 2.02. The molecule has 1 aliphatic heterocycles. The first-order chi connectivity index (χ1) is 11.6. The topological polar surface area (TPSA) is 77.6 Å². The van der Waals surface area contributed by atoms with Gasteiger partial charge in [-0.15, -0.1) is 10.2 Å². The predicted molar refractivity (Wildman–Crippen MR) is 94.1 cm³/mol. The maximum absolute atomic E-state index is 12.5. The fourth-order valence-electron chi connectivity index (χ4n) is 2.81. The highest BCUT2D eigenvalue weighted by molar-refractivity contribution is 8.00. The summed E-state index contributed by atoms with van der Waals surface area (Å²) in [5, 5.41) is 16.4. The van der Waals surface area contributed by atoms with Crippen molar-refractivity contribution in [3.63, 3.8) is 0 Å². The standard InChI is InChI=1S/C16H24N6OS/c1-11(2)22-13(8-9-17-22)18-15(23)12(3)24-16-20-19-14-7-5-4-6-10-21(14)16/h8-9,11-12H,4-7,10H2,1-3H3,(H,18,23)/t12-/m1/s1. The quantitative estimate of drug-likeness (QED) is 0.841. The number of aryl methyl sites for hydroxylation is 1. The lowest BCUT2D eigenvalue weighted by molar-refractivity contribution is -0.115. The van der Waals surface area contributed by atoms with Crippen molar-refractivity contribution < 1.29 is 4.79 Å². The van der Waals surface area contributed by atoms with Crippen molar-refractivity contribution in [2.45, 2.75) is 69.4 Å². The van der Waals surface area contributed by atoms with Gasteiger partial charge in [-0.1, -0.05) is 18.2 Å². The van der Waals surface area contributed by atoms with E-state index in [0.717, 1.165) is 42.6 Å². The van der Waals surface area contributed by atoms with Gasteiger partial charge in [0, 0.05) is 25.1 Å². The fraction of sp³-hybridized carbons (Fsp3) is 0.625. The zero-order chi connectivity index (χ0) is 17.1. The van der Waals surface area contributed by atoms with E-state index in [2.05, 4.69) is 25.2 Å². The molecule has 2 aromatic rings. The Morgan fingerprint density at radius 3 is 2.88 bits per heavy atom. The first kappa shape index (κ1) is 17.0. The van der Waals surface area contributed by atoms with E-state index in [-0.39, 0.29) is 17.2 Å². The van der Waals surface area contributed by atoms with Gasteiger partial charge in [-0.05, 0) is 33.6 Å². The molecule has 3 heterocycles. The van der Waals surface area contributed by atoms with E-state index < -0.39 is 0 Å². The first-order valence-electron chi connectivity index (χ1n) is 8.49. The van der Waals surface area contributed by atoms with Crippen molar-refractivity contribution in [2.75, 3.05) is 5.32 Å². The molecule has 0 saturated heterocycles. The van der Waals surface area contributed by atoms with Crippen LogP contribution in [-0.4, -0.2) is 35.7 Å². The van der Waals surface area contributed by atoms with E-state index in [4.69, 9.17) is 0 Å². The molecule has 7 nitrogen and oxygen atoms in total. The highest BCUT2D eigenvalue weighted by atomic mass is 32.2. The van der Waals surface area contributed by atoms with Crippen molar-refractivity contribution in [3.05, 3.63) is 18.1 Å². The third-order valence-corrected chi connectivity index (χ3v) is 5.22. The number of thioether (sulfide) groups is 1. The average Bonchev–Trinajstić information content (AvgIpc) is 3.08. The van der Waals surface area contributed by atoms with Gasteiger partial charge < -0.3 is 9.88 Å². The van der Waals surface area contributed by atoms with E-state index in [1.165, 1.54) is 18.2 Å². The molecule has 0 radical (unpaired) electrons. The van der Waals surface area contributed by atoms with Gasteiger partial charge in [-0.2, -0.15) is 5.10 Å². The van der Waals surface area contributed by atoms with Crippen molar-refractivity contribution in [3.8, 4) is 0 Å². The lowest BCUT2D eigenvalue weighted by Crippen LogP contribution is -2.25. The van der Waals surface area contributed by atoms with Crippen molar-refractivity contribution in [1.29, 1.82) is 0 Å². The zero-order valence-corrected chi connectivity index (χ0v) is 15.2. The van der Waals surface area contributed by atoms with Crippen LogP contribution in [0.25, 0.3) is 0 Å². The van der Waals surface area contributed by atoms with Crippen LogP contribution in [0.5, 0.6) is 0 Å². The molecule has 0 unspecified atom stereocenters. The number of nitrogens with zero attached hydrogens (tertiary/aromatic N) is 5. The zero-order valence-electron chi connectivity index (χ0n) is 14.4. The van der Waals surface area contributed by atoms with Crippen LogP contribution in [0.1, 0.15) is 51.9 Å². The number of carbonyl (C=O) groups excluding carboxylic acids is 1. The Bertz CT molecular complexity index is 707. The maximum atomic E-state index is 12.5. The van der Waals surface area contributed by atoms with Crippen LogP contribution in [-0.2, 0) is 17.8 Å². The highest BCUT2D eigenvalue weighted by Gasteiger charge is 2.22. The number of hydrogen-bond donors (Lipinski definition) is 1. The number of nitrogens with one attached hydrogen (secondary N) is 1. The highest BCUT2D eigenvalue weighted by Crippen LogP contribution is 2.26. The van der Waals surface area contributed by atoms with Crippen molar-refractivity contribution >= 4 is 23.5 Å². The third-order valence-electron chi connectivity index (χ3n) is 4.14. The van der Waals surface area contributed by atoms with Gasteiger partial charge in [0.25, 0.3) is 0 Å². The minimum absolute atomic E-state index is 0.0478. The molecule has 0 saturated carbocycles. The van der Waals surface area contributed by atoms with E-state index in [1.54, 1.807) is 10.9 Å². The molecule has 0 aromatic carbocycles. The molecule has 1 N–H and O–H groups in total. The van der Waals surface area contributed by atoms with Crippen LogP contribution in [0.2, 0.25) is 0 Å². The minimum atomic E-state index is -0.253. The predicted octanol–water partition coefficient (Wildman–Crippen LogP) is 2.90. The number of rotatable bonds is 5. The summed E-state index contributed by atoms with van der Waals surface area (Å²) in [7, 11) is 0. The minimum Gasteiger partial charge on any atom is -0.310 e. The molecular formula is C16H24N6OS. The summed E-state index contributed by atoms with van der Waals surface area (Å²) in [4.78, 5) is 12.5. The van der Waals surface area contributed by atoms with Gasteiger partial charge in [0.2, 0.25) is 5.91 Å². The summed E-state index contributed by atoms with van der Waals surface area (Å²) in [6.45, 7) is 6.91. The maximum Gasteiger partial charge on any atom is 0.238 e. The molecule has 2 aromatic heterocycles. The second-order valence-electron chi connectivity index (χ2n) is 6.37. The van der Waals surface area contributed by atoms with Gasteiger partial charge in [-0.25, -0.2) is 4.68 Å². The molecule has 0 aliphatic carbocycles. The number of anilines is 1. The van der Waals surface area contributed by atoms with E-state index in [0.29, 0.717) is 0 Å². The van der Waals surface area contributed by atoms with Crippen molar-refractivity contribution in [1.82, 2.24) is 24.5 Å². The van der Waals surface area contributed by atoms with Crippen LogP contribution in [0.4, 0.5) is 5.82 Å². The molecule has 0 bridgehead atoms. The molecule has 1 atom stereocenters. The molecule has 0 fully saturated rings. The normalized spacial score (nSPS) is 15.8. The Hall–Kier alpha value is -1.83. The SMILES string of the molecule is CC(C)n1nccc1NC(=O)[C@@H](C)Sc1nnc2n1CCCCC2. The van der Waals surface area contributed by atoms with Gasteiger partial charge in [0.1, 0.15) is 11.6 Å². The fourth-order valence-corrected chi connectivity index (χ4v) is 3.70. The summed E-state index contributed by atoms with van der Waals surface area (Å²) in [6.07, 6.45) is 6.21. The van der Waals surface area contributed by atoms with Gasteiger partial charge in [0.05, 0.1) is 11.4 Å². The molecular weight excluding hydrogens is 324 g/mol. The summed E-state index contributed by atoms with van der Waals surface area (Å²) in [5.74, 6) is 1.72. The molecule has 0 spiro atoms. The lowest BCUT2D eigenvalue weighted by atomic mass is 10.2. The van der Waals surface area contributed by atoms with Crippen LogP contribution >= 0.6 is 11.8 Å². The Kier molecular flexibility index (Phi) is 5.23. The lowest BCUT2D eigenvalue weighted by Gasteiger charge is -2.15. The molecule has 1 aliphatic rings. The Morgan fingerprint density at radius 1 is 1.25 bits per heavy atom. The smallest absolute Gasteiger partial charge is 0.238 e. The molecule has 130 valence electrons. The second kappa shape index (κ2) is 7.38. The van der Waals surface area contributed by atoms with Crippen molar-refractivity contribution in [2.24, 2.45) is 0 Å². The van der Waals surface area contributed by atoms with Crippen LogP contribution in [0.15, 0.2) is 17.4 Å². The number of fused-ring (bicyclic) bond motifs is 1.